The number of amides is 1. The van der Waals surface area contributed by atoms with E-state index in [-0.39, 0.29) is 0 Å². The second kappa shape index (κ2) is 2.74. The molecule has 1 aromatic rings. The maximum atomic E-state index is 10.8. The van der Waals surface area contributed by atoms with Crippen LogP contribution in [-0.4, -0.2) is 5.91 Å². The Morgan fingerprint density at radius 3 is 2.64 bits per heavy atom. The summed E-state index contributed by atoms with van der Waals surface area (Å²) in [4.78, 5) is 10.8. The molecule has 0 spiro atoms. The summed E-state index contributed by atoms with van der Waals surface area (Å²) in [5.41, 5.74) is 7.59. The summed E-state index contributed by atoms with van der Waals surface area (Å²) >= 11 is 0. The highest BCUT2D eigenvalue weighted by Gasteiger charge is 2.04. The van der Waals surface area contributed by atoms with Gasteiger partial charge in [0, 0.05) is 0 Å². The molecule has 2 N–H and O–H groups in total. The van der Waals surface area contributed by atoms with Crippen LogP contribution in [0, 0.1) is 19.9 Å². The van der Waals surface area contributed by atoms with Crippen LogP contribution in [0.25, 0.3) is 0 Å². The van der Waals surface area contributed by atoms with Crippen molar-refractivity contribution in [2.24, 2.45) is 5.73 Å². The summed E-state index contributed by atoms with van der Waals surface area (Å²) in [6.07, 6.45) is 0. The topological polar surface area (TPSA) is 43.1 Å². The zero-order chi connectivity index (χ0) is 8.43. The van der Waals surface area contributed by atoms with E-state index in [2.05, 4.69) is 6.07 Å². The van der Waals surface area contributed by atoms with Gasteiger partial charge < -0.3 is 5.73 Å². The second-order valence-electron chi connectivity index (χ2n) is 2.52. The Morgan fingerprint density at radius 2 is 2.18 bits per heavy atom. The van der Waals surface area contributed by atoms with Crippen molar-refractivity contribution in [2.75, 3.05) is 0 Å². The van der Waals surface area contributed by atoms with Gasteiger partial charge in [0.25, 0.3) is 0 Å². The summed E-state index contributed by atoms with van der Waals surface area (Å²) in [5, 5.41) is 0. The fourth-order valence-corrected chi connectivity index (χ4v) is 0.936. The van der Waals surface area contributed by atoms with E-state index in [4.69, 9.17) is 5.73 Å². The molecule has 0 aromatic heterocycles. The fraction of sp³-hybridized carbons (Fsp3) is 0.222. The molecule has 0 fully saturated rings. The van der Waals surface area contributed by atoms with E-state index in [9.17, 15) is 4.79 Å². The number of benzene rings is 1. The molecular weight excluding hydrogens is 138 g/mol. The Labute approximate surface area is 66.0 Å². The van der Waals surface area contributed by atoms with Crippen LogP contribution in [0.1, 0.15) is 21.5 Å². The molecule has 1 amide bonds. The van der Waals surface area contributed by atoms with Crippen molar-refractivity contribution in [3.05, 3.63) is 34.9 Å². The Hall–Kier alpha value is -1.31. The van der Waals surface area contributed by atoms with Crippen molar-refractivity contribution in [3.8, 4) is 0 Å². The molecule has 0 unspecified atom stereocenters. The first-order valence-corrected chi connectivity index (χ1v) is 3.40. The lowest BCUT2D eigenvalue weighted by atomic mass is 10.0. The monoisotopic (exact) mass is 148 g/mol. The molecule has 0 aliphatic rings. The van der Waals surface area contributed by atoms with Gasteiger partial charge >= 0.3 is 0 Å². The minimum Gasteiger partial charge on any atom is -0.366 e. The smallest absolute Gasteiger partial charge is 0.249 e. The van der Waals surface area contributed by atoms with Crippen LogP contribution in [0.3, 0.4) is 0 Å². The molecule has 0 saturated heterocycles. The minimum atomic E-state index is -0.411. The Morgan fingerprint density at radius 1 is 1.55 bits per heavy atom. The Kier molecular flexibility index (Phi) is 1.94. The first kappa shape index (κ1) is 7.79. The maximum absolute atomic E-state index is 10.8. The average molecular weight is 148 g/mol. The van der Waals surface area contributed by atoms with Crippen LogP contribution >= 0.6 is 0 Å². The van der Waals surface area contributed by atoms with Crippen molar-refractivity contribution < 1.29 is 4.79 Å². The van der Waals surface area contributed by atoms with Crippen LogP contribution in [0.5, 0.6) is 0 Å². The van der Waals surface area contributed by atoms with Gasteiger partial charge in [-0.3, -0.25) is 4.79 Å². The van der Waals surface area contributed by atoms with E-state index in [1.165, 1.54) is 0 Å². The van der Waals surface area contributed by atoms with E-state index in [0.717, 1.165) is 11.1 Å². The standard InChI is InChI=1S/C9H10NO/c1-6-4-3-5-8(7(6)2)9(10)11/h3-4H,1-2H3,(H2,10,11). The van der Waals surface area contributed by atoms with Crippen molar-refractivity contribution in [3.63, 3.8) is 0 Å². The van der Waals surface area contributed by atoms with Gasteiger partial charge in [0.05, 0.1) is 5.56 Å². The number of carbonyl (C=O) groups excluding carboxylic acids is 1. The first-order chi connectivity index (χ1) is 5.13. The van der Waals surface area contributed by atoms with Gasteiger partial charge in [-0.25, -0.2) is 0 Å². The molecule has 1 radical (unpaired) electrons. The van der Waals surface area contributed by atoms with Gasteiger partial charge in [-0.2, -0.15) is 0 Å². The third kappa shape index (κ3) is 1.40. The molecule has 0 aliphatic heterocycles. The van der Waals surface area contributed by atoms with E-state index < -0.39 is 5.91 Å². The highest BCUT2D eigenvalue weighted by molar-refractivity contribution is 5.94. The van der Waals surface area contributed by atoms with E-state index in [0.29, 0.717) is 5.56 Å². The number of primary amides is 1. The lowest BCUT2D eigenvalue weighted by Gasteiger charge is -2.02. The highest BCUT2D eigenvalue weighted by atomic mass is 16.1. The Balaban J connectivity index is 3.27. The largest absolute Gasteiger partial charge is 0.366 e. The number of aryl methyl sites for hydroxylation is 1. The van der Waals surface area contributed by atoms with Crippen molar-refractivity contribution in [1.29, 1.82) is 0 Å². The third-order valence-corrected chi connectivity index (χ3v) is 1.77. The second-order valence-corrected chi connectivity index (χ2v) is 2.52. The molecule has 2 heteroatoms. The van der Waals surface area contributed by atoms with Gasteiger partial charge in [0.2, 0.25) is 5.91 Å². The number of carbonyl (C=O) groups is 1. The summed E-state index contributed by atoms with van der Waals surface area (Å²) in [6, 6.07) is 6.42. The summed E-state index contributed by atoms with van der Waals surface area (Å²) < 4.78 is 0. The van der Waals surface area contributed by atoms with Crippen molar-refractivity contribution in [2.45, 2.75) is 13.8 Å². The first-order valence-electron chi connectivity index (χ1n) is 3.40. The normalized spacial score (nSPS) is 9.64. The zero-order valence-electron chi connectivity index (χ0n) is 6.64. The highest BCUT2D eigenvalue weighted by Crippen LogP contribution is 2.10. The average Bonchev–Trinajstić information content (AvgIpc) is 1.94. The molecule has 2 nitrogen and oxygen atoms in total. The van der Waals surface area contributed by atoms with Crippen LogP contribution in [0.15, 0.2) is 12.1 Å². The molecular formula is C9H10NO. The van der Waals surface area contributed by atoms with Crippen LogP contribution < -0.4 is 5.73 Å². The van der Waals surface area contributed by atoms with E-state index in [1.54, 1.807) is 6.07 Å². The van der Waals surface area contributed by atoms with Crippen molar-refractivity contribution in [1.82, 2.24) is 0 Å². The number of hydrogen-bond acceptors (Lipinski definition) is 1. The number of hydrogen-bond donors (Lipinski definition) is 1. The summed E-state index contributed by atoms with van der Waals surface area (Å²) in [6.45, 7) is 3.81. The van der Waals surface area contributed by atoms with Crippen LogP contribution in [0.2, 0.25) is 0 Å². The number of rotatable bonds is 1. The molecule has 1 rings (SSSR count). The van der Waals surface area contributed by atoms with Gasteiger partial charge in [-0.15, -0.1) is 0 Å². The van der Waals surface area contributed by atoms with E-state index in [1.807, 2.05) is 19.9 Å². The quantitative estimate of drug-likeness (QED) is 0.639. The molecule has 11 heavy (non-hydrogen) atoms. The predicted octanol–water partition coefficient (Wildman–Crippen LogP) is 1.20. The zero-order valence-corrected chi connectivity index (χ0v) is 6.64. The summed E-state index contributed by atoms with van der Waals surface area (Å²) in [7, 11) is 0. The minimum absolute atomic E-state index is 0.411. The van der Waals surface area contributed by atoms with Gasteiger partial charge in [0.1, 0.15) is 0 Å². The lowest BCUT2D eigenvalue weighted by Crippen LogP contribution is -2.13. The number of nitrogens with two attached hydrogens (primary N) is 1. The summed E-state index contributed by atoms with van der Waals surface area (Å²) in [5.74, 6) is -0.411. The molecule has 0 saturated carbocycles. The lowest BCUT2D eigenvalue weighted by molar-refractivity contribution is 0.0999. The van der Waals surface area contributed by atoms with Crippen LogP contribution in [0.4, 0.5) is 0 Å². The van der Waals surface area contributed by atoms with Gasteiger partial charge in [-0.1, -0.05) is 12.1 Å². The molecule has 0 atom stereocenters. The Bertz CT molecular complexity index is 292. The predicted molar refractivity (Wildman–Crippen MR) is 43.3 cm³/mol. The molecule has 57 valence electrons. The van der Waals surface area contributed by atoms with Gasteiger partial charge in [-0.05, 0) is 31.0 Å². The van der Waals surface area contributed by atoms with Gasteiger partial charge in [0.15, 0.2) is 0 Å². The molecule has 0 bridgehead atoms. The fourth-order valence-electron chi connectivity index (χ4n) is 0.936. The SMILES string of the molecule is Cc1cc[c]c(C(N)=O)c1C. The maximum Gasteiger partial charge on any atom is 0.249 e. The third-order valence-electron chi connectivity index (χ3n) is 1.77. The van der Waals surface area contributed by atoms with E-state index >= 15 is 0 Å². The molecule has 1 aromatic carbocycles. The van der Waals surface area contributed by atoms with Crippen molar-refractivity contribution >= 4 is 5.91 Å². The molecule has 0 heterocycles. The molecule has 0 aliphatic carbocycles. The van der Waals surface area contributed by atoms with Crippen LogP contribution in [-0.2, 0) is 0 Å².